The highest BCUT2D eigenvalue weighted by atomic mass is 16.5. The van der Waals surface area contributed by atoms with Crippen molar-refractivity contribution < 1.29 is 9.53 Å². The van der Waals surface area contributed by atoms with Gasteiger partial charge in [-0.15, -0.1) is 0 Å². The van der Waals surface area contributed by atoms with Gasteiger partial charge in [0.15, 0.2) is 0 Å². The SMILES string of the molecule is CCCCCCCC/C=C\CCCCCCCCCCCCOC(=O)CCCCCCCCC/C=C\CCCCCCCC. The van der Waals surface area contributed by atoms with Gasteiger partial charge in [-0.05, 0) is 64.2 Å². The molecule has 0 spiro atoms. The summed E-state index contributed by atoms with van der Waals surface area (Å²) < 4.78 is 5.46. The molecule has 0 saturated heterocycles. The number of carbonyl (C=O) groups is 1. The summed E-state index contributed by atoms with van der Waals surface area (Å²) in [6.07, 6.45) is 54.0. The van der Waals surface area contributed by atoms with Crippen molar-refractivity contribution >= 4 is 5.97 Å². The van der Waals surface area contributed by atoms with Gasteiger partial charge in [0.2, 0.25) is 0 Å². The molecule has 0 radical (unpaired) electrons. The summed E-state index contributed by atoms with van der Waals surface area (Å²) in [6, 6.07) is 0. The van der Waals surface area contributed by atoms with Crippen LogP contribution in [0.15, 0.2) is 24.3 Å². The Labute approximate surface area is 278 Å². The second-order valence-electron chi connectivity index (χ2n) is 13.6. The molecule has 2 nitrogen and oxygen atoms in total. The smallest absolute Gasteiger partial charge is 0.305 e. The summed E-state index contributed by atoms with van der Waals surface area (Å²) in [4.78, 5) is 12.0. The summed E-state index contributed by atoms with van der Waals surface area (Å²) in [5.41, 5.74) is 0. The van der Waals surface area contributed by atoms with E-state index >= 15 is 0 Å². The number of unbranched alkanes of at least 4 members (excludes halogenated alkanes) is 29. The topological polar surface area (TPSA) is 26.3 Å². The first-order valence-corrected chi connectivity index (χ1v) is 20.3. The van der Waals surface area contributed by atoms with Gasteiger partial charge in [-0.25, -0.2) is 0 Å². The van der Waals surface area contributed by atoms with E-state index < -0.39 is 0 Å². The number of hydrogen-bond acceptors (Lipinski definition) is 2. The molecular formula is C42H80O2. The number of ether oxygens (including phenoxy) is 1. The van der Waals surface area contributed by atoms with Crippen LogP contribution in [-0.4, -0.2) is 12.6 Å². The highest BCUT2D eigenvalue weighted by molar-refractivity contribution is 5.69. The molecule has 0 bridgehead atoms. The Balaban J connectivity index is 3.21. The molecule has 0 aliphatic heterocycles. The Kier molecular flexibility index (Phi) is 39.0. The minimum absolute atomic E-state index is 0.0195. The van der Waals surface area contributed by atoms with Crippen LogP contribution in [0.5, 0.6) is 0 Å². The van der Waals surface area contributed by atoms with Crippen molar-refractivity contribution in [2.24, 2.45) is 0 Å². The zero-order valence-electron chi connectivity index (χ0n) is 30.4. The zero-order chi connectivity index (χ0) is 31.9. The van der Waals surface area contributed by atoms with Crippen LogP contribution in [0, 0.1) is 0 Å². The maximum atomic E-state index is 12.0. The molecule has 0 heterocycles. The van der Waals surface area contributed by atoms with E-state index in [0.29, 0.717) is 13.0 Å². The normalized spacial score (nSPS) is 11.8. The predicted octanol–water partition coefficient (Wildman–Crippen LogP) is 14.9. The van der Waals surface area contributed by atoms with E-state index in [2.05, 4.69) is 38.2 Å². The van der Waals surface area contributed by atoms with E-state index in [-0.39, 0.29) is 5.97 Å². The number of rotatable bonds is 37. The highest BCUT2D eigenvalue weighted by Gasteiger charge is 2.02. The summed E-state index contributed by atoms with van der Waals surface area (Å²) in [6.45, 7) is 5.19. The molecule has 0 aromatic heterocycles. The second-order valence-corrected chi connectivity index (χ2v) is 13.6. The number of allylic oxidation sites excluding steroid dienone is 4. The van der Waals surface area contributed by atoms with Gasteiger partial charge in [0.05, 0.1) is 6.61 Å². The lowest BCUT2D eigenvalue weighted by Gasteiger charge is -2.05. The fourth-order valence-electron chi connectivity index (χ4n) is 6.01. The first kappa shape index (κ1) is 43.0. The summed E-state index contributed by atoms with van der Waals surface area (Å²) in [5, 5.41) is 0. The average molecular weight is 617 g/mol. The van der Waals surface area contributed by atoms with E-state index in [1.807, 2.05) is 0 Å². The van der Waals surface area contributed by atoms with Crippen LogP contribution in [0.4, 0.5) is 0 Å². The molecule has 0 rings (SSSR count). The molecule has 0 fully saturated rings. The predicted molar refractivity (Wildman–Crippen MR) is 198 cm³/mol. The van der Waals surface area contributed by atoms with Gasteiger partial charge >= 0.3 is 5.97 Å². The quantitative estimate of drug-likeness (QED) is 0.0394. The lowest BCUT2D eigenvalue weighted by molar-refractivity contribution is -0.143. The van der Waals surface area contributed by atoms with Gasteiger partial charge in [0, 0.05) is 6.42 Å². The third-order valence-electron chi connectivity index (χ3n) is 9.06. The van der Waals surface area contributed by atoms with Crippen LogP contribution in [-0.2, 0) is 9.53 Å². The van der Waals surface area contributed by atoms with Crippen LogP contribution in [0.3, 0.4) is 0 Å². The van der Waals surface area contributed by atoms with Crippen LogP contribution in [0.1, 0.15) is 232 Å². The first-order chi connectivity index (χ1) is 21.8. The van der Waals surface area contributed by atoms with Gasteiger partial charge < -0.3 is 4.74 Å². The van der Waals surface area contributed by atoms with Crippen molar-refractivity contribution in [3.8, 4) is 0 Å². The standard InChI is InChI=1S/C42H80O2/c1-3-5-7-9-11-13-15-17-19-21-22-23-25-27-29-31-33-35-37-39-41-44-42(43)40-38-36-34-32-30-28-26-24-20-18-16-14-12-10-8-6-4-2/h17-20H,3-16,21-41H2,1-2H3/b19-17-,20-18-. The van der Waals surface area contributed by atoms with Crippen molar-refractivity contribution in [3.63, 3.8) is 0 Å². The van der Waals surface area contributed by atoms with E-state index in [0.717, 1.165) is 12.8 Å². The van der Waals surface area contributed by atoms with Gasteiger partial charge in [0.1, 0.15) is 0 Å². The van der Waals surface area contributed by atoms with Crippen molar-refractivity contribution in [2.45, 2.75) is 232 Å². The zero-order valence-corrected chi connectivity index (χ0v) is 30.4. The highest BCUT2D eigenvalue weighted by Crippen LogP contribution is 2.14. The van der Waals surface area contributed by atoms with Gasteiger partial charge in [-0.3, -0.25) is 4.79 Å². The minimum Gasteiger partial charge on any atom is -0.466 e. The van der Waals surface area contributed by atoms with Crippen molar-refractivity contribution in [1.29, 1.82) is 0 Å². The molecule has 0 amide bonds. The number of carbonyl (C=O) groups excluding carboxylic acids is 1. The largest absolute Gasteiger partial charge is 0.466 e. The average Bonchev–Trinajstić information content (AvgIpc) is 3.03. The molecule has 2 heteroatoms. The van der Waals surface area contributed by atoms with E-state index in [4.69, 9.17) is 4.74 Å². The third-order valence-corrected chi connectivity index (χ3v) is 9.06. The molecule has 0 aromatic rings. The molecule has 0 saturated carbocycles. The van der Waals surface area contributed by atoms with Gasteiger partial charge in [-0.1, -0.05) is 186 Å². The van der Waals surface area contributed by atoms with Gasteiger partial charge in [0.25, 0.3) is 0 Å². The molecular weight excluding hydrogens is 536 g/mol. The van der Waals surface area contributed by atoms with Crippen LogP contribution in [0.2, 0.25) is 0 Å². The molecule has 0 aliphatic carbocycles. The Morgan fingerprint density at radius 2 is 0.636 bits per heavy atom. The van der Waals surface area contributed by atoms with Gasteiger partial charge in [-0.2, -0.15) is 0 Å². The Bertz CT molecular complexity index is 593. The molecule has 0 aromatic carbocycles. The maximum Gasteiger partial charge on any atom is 0.305 e. The third kappa shape index (κ3) is 39.0. The first-order valence-electron chi connectivity index (χ1n) is 20.3. The summed E-state index contributed by atoms with van der Waals surface area (Å²) >= 11 is 0. The number of esters is 1. The van der Waals surface area contributed by atoms with Crippen LogP contribution >= 0.6 is 0 Å². The Morgan fingerprint density at radius 1 is 0.364 bits per heavy atom. The minimum atomic E-state index is 0.0195. The summed E-state index contributed by atoms with van der Waals surface area (Å²) in [5.74, 6) is 0.0195. The van der Waals surface area contributed by atoms with Crippen LogP contribution < -0.4 is 0 Å². The molecule has 44 heavy (non-hydrogen) atoms. The Morgan fingerprint density at radius 3 is 0.977 bits per heavy atom. The molecule has 0 atom stereocenters. The van der Waals surface area contributed by atoms with E-state index in [1.165, 1.54) is 199 Å². The Hall–Kier alpha value is -1.05. The maximum absolute atomic E-state index is 12.0. The molecule has 0 aliphatic rings. The lowest BCUT2D eigenvalue weighted by atomic mass is 10.1. The van der Waals surface area contributed by atoms with E-state index in [1.54, 1.807) is 0 Å². The monoisotopic (exact) mass is 617 g/mol. The van der Waals surface area contributed by atoms with Crippen molar-refractivity contribution in [3.05, 3.63) is 24.3 Å². The second kappa shape index (κ2) is 40.0. The van der Waals surface area contributed by atoms with Crippen molar-refractivity contribution in [2.75, 3.05) is 6.61 Å². The number of hydrogen-bond donors (Lipinski definition) is 0. The van der Waals surface area contributed by atoms with Crippen LogP contribution in [0.25, 0.3) is 0 Å². The lowest BCUT2D eigenvalue weighted by Crippen LogP contribution is -2.05. The fraction of sp³-hybridized carbons (Fsp3) is 0.881. The summed E-state index contributed by atoms with van der Waals surface area (Å²) in [7, 11) is 0. The molecule has 0 unspecified atom stereocenters. The van der Waals surface area contributed by atoms with Crippen molar-refractivity contribution in [1.82, 2.24) is 0 Å². The molecule has 260 valence electrons. The fourth-order valence-corrected chi connectivity index (χ4v) is 6.01. The van der Waals surface area contributed by atoms with E-state index in [9.17, 15) is 4.79 Å². The molecule has 0 N–H and O–H groups in total.